The number of ether oxygens (including phenoxy) is 2. The standard InChI is InChI=1S/C29H28N2O5/c1-4-34-26(32)19-21-10-9-11-24(18-21)22-14-16-23(17-15-22)28-27(20(3)30-36-28)31(29(33)35-5-2)25-12-7-6-8-13-25/h6-18H,4-5,19H2,1-3H3. The lowest BCUT2D eigenvalue weighted by Crippen LogP contribution is -2.27. The molecule has 1 heterocycles. The molecule has 1 amide bonds. The van der Waals surface area contributed by atoms with Gasteiger partial charge in [-0.3, -0.25) is 4.79 Å². The Kier molecular flexibility index (Phi) is 7.80. The first-order valence-electron chi connectivity index (χ1n) is 11.8. The predicted octanol–water partition coefficient (Wildman–Crippen LogP) is 6.72. The Morgan fingerprint density at radius 1 is 0.833 bits per heavy atom. The van der Waals surface area contributed by atoms with E-state index in [0.717, 1.165) is 22.3 Å². The zero-order chi connectivity index (χ0) is 25.5. The van der Waals surface area contributed by atoms with Crippen LogP contribution in [-0.2, 0) is 20.7 Å². The summed E-state index contributed by atoms with van der Waals surface area (Å²) in [4.78, 5) is 26.3. The van der Waals surface area contributed by atoms with Crippen molar-refractivity contribution in [2.45, 2.75) is 27.2 Å². The fourth-order valence-corrected chi connectivity index (χ4v) is 3.96. The minimum atomic E-state index is -0.508. The number of aromatic nitrogens is 1. The quantitative estimate of drug-likeness (QED) is 0.258. The number of carbonyl (C=O) groups is 2. The average Bonchev–Trinajstić information content (AvgIpc) is 3.26. The third kappa shape index (κ3) is 5.46. The molecule has 0 spiro atoms. The number of carbonyl (C=O) groups excluding carboxylic acids is 2. The molecule has 0 atom stereocenters. The van der Waals surface area contributed by atoms with Gasteiger partial charge in [0.2, 0.25) is 0 Å². The van der Waals surface area contributed by atoms with Crippen LogP contribution in [0.4, 0.5) is 16.2 Å². The lowest BCUT2D eigenvalue weighted by molar-refractivity contribution is -0.142. The molecule has 0 N–H and O–H groups in total. The molecule has 4 rings (SSSR count). The van der Waals surface area contributed by atoms with Crippen molar-refractivity contribution < 1.29 is 23.6 Å². The van der Waals surface area contributed by atoms with Crippen LogP contribution in [0.2, 0.25) is 0 Å². The highest BCUT2D eigenvalue weighted by Crippen LogP contribution is 2.39. The highest BCUT2D eigenvalue weighted by molar-refractivity contribution is 6.00. The molecule has 184 valence electrons. The molecule has 0 saturated carbocycles. The van der Waals surface area contributed by atoms with E-state index in [9.17, 15) is 9.59 Å². The van der Waals surface area contributed by atoms with Gasteiger partial charge >= 0.3 is 12.1 Å². The third-order valence-electron chi connectivity index (χ3n) is 5.58. The molecule has 0 saturated heterocycles. The first-order chi connectivity index (χ1) is 17.5. The van der Waals surface area contributed by atoms with E-state index in [2.05, 4.69) is 5.16 Å². The summed E-state index contributed by atoms with van der Waals surface area (Å²) in [5.41, 5.74) is 5.36. The number of hydrogen-bond donors (Lipinski definition) is 0. The Hall–Kier alpha value is -4.39. The number of rotatable bonds is 8. The molecule has 4 aromatic rings. The van der Waals surface area contributed by atoms with Crippen molar-refractivity contribution in [3.05, 3.63) is 90.1 Å². The summed E-state index contributed by atoms with van der Waals surface area (Å²) in [6.07, 6.45) is -0.282. The van der Waals surface area contributed by atoms with Crippen LogP contribution in [0.3, 0.4) is 0 Å². The topological polar surface area (TPSA) is 81.9 Å². The number of benzene rings is 3. The van der Waals surface area contributed by atoms with Crippen molar-refractivity contribution in [3.8, 4) is 22.5 Å². The number of nitrogens with zero attached hydrogens (tertiary/aromatic N) is 2. The SMILES string of the molecule is CCOC(=O)Cc1cccc(-c2ccc(-c3onc(C)c3N(C(=O)OCC)c3ccccc3)cc2)c1. The first kappa shape index (κ1) is 24.7. The maximum Gasteiger partial charge on any atom is 0.419 e. The number of esters is 1. The zero-order valence-corrected chi connectivity index (χ0v) is 20.6. The summed E-state index contributed by atoms with van der Waals surface area (Å²) < 4.78 is 16.1. The molecule has 0 aliphatic rings. The van der Waals surface area contributed by atoms with Gasteiger partial charge in [-0.25, -0.2) is 9.69 Å². The van der Waals surface area contributed by atoms with Gasteiger partial charge in [-0.1, -0.05) is 71.9 Å². The molecule has 0 unspecified atom stereocenters. The first-order valence-corrected chi connectivity index (χ1v) is 11.8. The van der Waals surface area contributed by atoms with Crippen LogP contribution in [0.15, 0.2) is 83.4 Å². The van der Waals surface area contributed by atoms with Gasteiger partial charge in [-0.05, 0) is 49.6 Å². The van der Waals surface area contributed by atoms with Gasteiger partial charge < -0.3 is 14.0 Å². The molecule has 7 heteroatoms. The zero-order valence-electron chi connectivity index (χ0n) is 20.6. The van der Waals surface area contributed by atoms with Crippen LogP contribution in [-0.4, -0.2) is 30.4 Å². The van der Waals surface area contributed by atoms with E-state index in [4.69, 9.17) is 14.0 Å². The number of amides is 1. The van der Waals surface area contributed by atoms with Crippen LogP contribution in [0, 0.1) is 6.92 Å². The van der Waals surface area contributed by atoms with Crippen molar-refractivity contribution in [1.82, 2.24) is 5.16 Å². The second-order valence-corrected chi connectivity index (χ2v) is 8.08. The predicted molar refractivity (Wildman–Crippen MR) is 138 cm³/mol. The van der Waals surface area contributed by atoms with E-state index in [-0.39, 0.29) is 19.0 Å². The number of aryl methyl sites for hydroxylation is 1. The molecule has 0 aliphatic heterocycles. The van der Waals surface area contributed by atoms with Gasteiger partial charge in [0, 0.05) is 5.56 Å². The van der Waals surface area contributed by atoms with Crippen molar-refractivity contribution in [2.24, 2.45) is 0 Å². The van der Waals surface area contributed by atoms with Gasteiger partial charge in [-0.15, -0.1) is 0 Å². The molecule has 0 aliphatic carbocycles. The molecule has 0 fully saturated rings. The third-order valence-corrected chi connectivity index (χ3v) is 5.58. The summed E-state index contributed by atoms with van der Waals surface area (Å²) in [5.74, 6) is 0.217. The van der Waals surface area contributed by atoms with Crippen molar-refractivity contribution in [3.63, 3.8) is 0 Å². The maximum absolute atomic E-state index is 13.0. The molecule has 0 bridgehead atoms. The second-order valence-electron chi connectivity index (χ2n) is 8.08. The van der Waals surface area contributed by atoms with Gasteiger partial charge in [-0.2, -0.15) is 0 Å². The summed E-state index contributed by atoms with van der Waals surface area (Å²) in [6, 6.07) is 24.8. The number of para-hydroxylation sites is 1. The Balaban J connectivity index is 1.67. The van der Waals surface area contributed by atoms with Crippen molar-refractivity contribution >= 4 is 23.4 Å². The molecule has 1 aromatic heterocycles. The normalized spacial score (nSPS) is 10.6. The fraction of sp³-hybridized carbons (Fsp3) is 0.207. The molecular formula is C29H28N2O5. The van der Waals surface area contributed by atoms with E-state index >= 15 is 0 Å². The van der Waals surface area contributed by atoms with E-state index in [1.54, 1.807) is 20.8 Å². The van der Waals surface area contributed by atoms with Crippen LogP contribution in [0.25, 0.3) is 22.5 Å². The molecule has 0 radical (unpaired) electrons. The lowest BCUT2D eigenvalue weighted by atomic mass is 9.99. The van der Waals surface area contributed by atoms with E-state index in [1.807, 2.05) is 78.9 Å². The molecule has 7 nitrogen and oxygen atoms in total. The highest BCUT2D eigenvalue weighted by Gasteiger charge is 2.28. The Labute approximate surface area is 210 Å². The monoisotopic (exact) mass is 484 g/mol. The molecular weight excluding hydrogens is 456 g/mol. The van der Waals surface area contributed by atoms with E-state index in [0.29, 0.717) is 29.4 Å². The van der Waals surface area contributed by atoms with Crippen molar-refractivity contribution in [2.75, 3.05) is 18.1 Å². The van der Waals surface area contributed by atoms with E-state index in [1.165, 1.54) is 4.90 Å². The molecule has 36 heavy (non-hydrogen) atoms. The Morgan fingerprint density at radius 2 is 1.53 bits per heavy atom. The van der Waals surface area contributed by atoms with Gasteiger partial charge in [0.15, 0.2) is 5.76 Å². The summed E-state index contributed by atoms with van der Waals surface area (Å²) in [7, 11) is 0. The Bertz CT molecular complexity index is 1330. The van der Waals surface area contributed by atoms with Gasteiger partial charge in [0.05, 0.1) is 25.3 Å². The summed E-state index contributed by atoms with van der Waals surface area (Å²) in [6.45, 7) is 5.96. The minimum absolute atomic E-state index is 0.226. The Morgan fingerprint density at radius 3 is 2.22 bits per heavy atom. The van der Waals surface area contributed by atoms with Crippen LogP contribution in [0.1, 0.15) is 25.1 Å². The largest absolute Gasteiger partial charge is 0.466 e. The van der Waals surface area contributed by atoms with Crippen LogP contribution >= 0.6 is 0 Å². The van der Waals surface area contributed by atoms with Crippen LogP contribution in [0.5, 0.6) is 0 Å². The van der Waals surface area contributed by atoms with Crippen molar-refractivity contribution in [1.29, 1.82) is 0 Å². The van der Waals surface area contributed by atoms with Crippen LogP contribution < -0.4 is 4.90 Å². The smallest absolute Gasteiger partial charge is 0.419 e. The minimum Gasteiger partial charge on any atom is -0.466 e. The second kappa shape index (κ2) is 11.4. The molecule has 3 aromatic carbocycles. The van der Waals surface area contributed by atoms with Gasteiger partial charge in [0.1, 0.15) is 11.4 Å². The number of anilines is 2. The lowest BCUT2D eigenvalue weighted by Gasteiger charge is -2.22. The number of hydrogen-bond acceptors (Lipinski definition) is 6. The average molecular weight is 485 g/mol. The summed E-state index contributed by atoms with van der Waals surface area (Å²) >= 11 is 0. The van der Waals surface area contributed by atoms with E-state index < -0.39 is 6.09 Å². The highest BCUT2D eigenvalue weighted by atomic mass is 16.6. The fourth-order valence-electron chi connectivity index (χ4n) is 3.96. The van der Waals surface area contributed by atoms with Gasteiger partial charge in [0.25, 0.3) is 0 Å². The summed E-state index contributed by atoms with van der Waals surface area (Å²) in [5, 5.41) is 4.15. The maximum atomic E-state index is 13.0.